The number of rotatable bonds is 2. The molecular formula is C51H56Cl2F3Zr-3. The average Bonchev–Trinajstić information content (AvgIpc) is 3.77. The smallest absolute Gasteiger partial charge is 1.00 e. The Labute approximate surface area is 367 Å². The van der Waals surface area contributed by atoms with Crippen molar-refractivity contribution in [3.8, 4) is 0 Å². The number of benzene rings is 3. The van der Waals surface area contributed by atoms with Crippen LogP contribution in [0.3, 0.4) is 0 Å². The molecule has 302 valence electrons. The number of hydrogen-bond acceptors (Lipinski definition) is 0. The standard InChI is InChI=1S/C25H25.C18H25.C7H4F3.CH2.2ClH.Zr/c1-14-12-24(3,4)22-8-16-7-17-9-23-19(15(2)13-25(23,5)6)11-21(17)20(16)10-18(14)22;1-12-3-13(2)17(4-12)11-18-8-14-5-15(9-18)7-16(6-14)10-18;8-7(9,10)6-4-2-1-3-5-6;;;;/h7-13H,1-6H3;4,12,14-16H,5-11H2,1-2H3;2-5H;1H2;2*1H;/q3*-1;;;;+2/p-2. The van der Waals surface area contributed by atoms with Gasteiger partial charge in [-0.15, -0.1) is 39.7 Å². The number of halogens is 5. The zero-order chi connectivity index (χ0) is 39.7. The van der Waals surface area contributed by atoms with Crippen molar-refractivity contribution in [1.29, 1.82) is 0 Å². The zero-order valence-corrected chi connectivity index (χ0v) is 38.8. The summed E-state index contributed by atoms with van der Waals surface area (Å²) in [6.45, 7) is 18.3. The molecule has 0 nitrogen and oxygen atoms in total. The van der Waals surface area contributed by atoms with Crippen molar-refractivity contribution < 1.29 is 62.2 Å². The van der Waals surface area contributed by atoms with Gasteiger partial charge in [-0.3, -0.25) is 6.08 Å². The minimum absolute atomic E-state index is 0. The molecule has 4 saturated carbocycles. The minimum atomic E-state index is -4.23. The Hall–Kier alpha value is -2.39. The van der Waals surface area contributed by atoms with Crippen molar-refractivity contribution in [2.24, 2.45) is 29.1 Å². The summed E-state index contributed by atoms with van der Waals surface area (Å²) in [6.07, 6.45) is 17.3. The molecule has 7 aliphatic rings. The summed E-state index contributed by atoms with van der Waals surface area (Å²) in [5.41, 5.74) is 12.1. The molecule has 0 amide bonds. The number of alkyl halides is 3. The maximum atomic E-state index is 11.8. The van der Waals surface area contributed by atoms with Crippen LogP contribution in [0.4, 0.5) is 13.2 Å². The second kappa shape index (κ2) is 16.9. The topological polar surface area (TPSA) is 0 Å². The molecule has 0 N–H and O–H groups in total. The third-order valence-electron chi connectivity index (χ3n) is 13.5. The fraction of sp³-hybridized carbons (Fsp3) is 0.451. The van der Waals surface area contributed by atoms with Crippen LogP contribution in [0.25, 0.3) is 32.7 Å². The van der Waals surface area contributed by atoms with Gasteiger partial charge in [0.25, 0.3) is 0 Å². The molecule has 57 heavy (non-hydrogen) atoms. The molecule has 4 fully saturated rings. The molecule has 11 rings (SSSR count). The normalized spacial score (nSPS) is 26.5. The van der Waals surface area contributed by atoms with Crippen molar-refractivity contribution in [1.82, 2.24) is 0 Å². The molecule has 0 aliphatic heterocycles. The molecule has 0 heterocycles. The summed E-state index contributed by atoms with van der Waals surface area (Å²) < 4.78 is 38.7. The van der Waals surface area contributed by atoms with E-state index < -0.39 is 11.7 Å². The molecule has 4 bridgehead atoms. The number of allylic oxidation sites excluding steroid dienone is 8. The van der Waals surface area contributed by atoms with Crippen LogP contribution in [-0.2, 0) is 41.2 Å². The summed E-state index contributed by atoms with van der Waals surface area (Å²) in [5.74, 6) is 3.82. The molecule has 0 aromatic heterocycles. The maximum absolute atomic E-state index is 11.8. The quantitative estimate of drug-likeness (QED) is 0.177. The van der Waals surface area contributed by atoms with Crippen LogP contribution in [0, 0.1) is 41.2 Å². The third-order valence-corrected chi connectivity index (χ3v) is 13.5. The molecular weight excluding hydrogens is 832 g/mol. The predicted octanol–water partition coefficient (Wildman–Crippen LogP) is 8.50. The van der Waals surface area contributed by atoms with Gasteiger partial charge in [-0.1, -0.05) is 94.9 Å². The number of fused-ring (bicyclic) bond motifs is 5. The van der Waals surface area contributed by atoms with Crippen molar-refractivity contribution >= 4 is 36.9 Å². The predicted molar refractivity (Wildman–Crippen MR) is 223 cm³/mol. The Bertz CT molecular complexity index is 2120. The van der Waals surface area contributed by atoms with Crippen molar-refractivity contribution in [3.05, 3.63) is 124 Å². The number of hydrogen-bond donors (Lipinski definition) is 0. The van der Waals surface area contributed by atoms with Gasteiger partial charge in [0.05, 0.1) is 0 Å². The van der Waals surface area contributed by atoms with E-state index >= 15 is 0 Å². The van der Waals surface area contributed by atoms with E-state index in [1.54, 1.807) is 44.1 Å². The summed E-state index contributed by atoms with van der Waals surface area (Å²) in [6, 6.07) is 19.1. The van der Waals surface area contributed by atoms with E-state index in [2.05, 4.69) is 120 Å². The minimum Gasteiger partial charge on any atom is -1.00 e. The molecule has 6 heteroatoms. The van der Waals surface area contributed by atoms with E-state index in [0.29, 0.717) is 11.3 Å². The first-order valence-corrected chi connectivity index (χ1v) is 22.0. The van der Waals surface area contributed by atoms with Crippen molar-refractivity contribution in [3.63, 3.8) is 0 Å². The van der Waals surface area contributed by atoms with Gasteiger partial charge < -0.3 is 24.8 Å². The van der Waals surface area contributed by atoms with Crippen molar-refractivity contribution in [2.75, 3.05) is 0 Å². The van der Waals surface area contributed by atoms with Crippen LogP contribution < -0.4 is 24.8 Å². The van der Waals surface area contributed by atoms with E-state index in [1.807, 2.05) is 0 Å². The van der Waals surface area contributed by atoms with Crippen molar-refractivity contribution in [2.45, 2.75) is 117 Å². The first-order chi connectivity index (χ1) is 25.9. The van der Waals surface area contributed by atoms with Crippen LogP contribution in [0.2, 0.25) is 0 Å². The van der Waals surface area contributed by atoms with E-state index in [0.717, 1.165) is 29.9 Å². The van der Waals surface area contributed by atoms with Crippen LogP contribution in [0.5, 0.6) is 0 Å². The largest absolute Gasteiger partial charge is 1.00 e. The monoisotopic (exact) mass is 885 g/mol. The molecule has 1 atom stereocenters. The van der Waals surface area contributed by atoms with Crippen LogP contribution >= 0.6 is 0 Å². The van der Waals surface area contributed by atoms with E-state index in [4.69, 9.17) is 0 Å². The molecule has 7 aliphatic carbocycles. The van der Waals surface area contributed by atoms with E-state index in [-0.39, 0.29) is 35.6 Å². The fourth-order valence-corrected chi connectivity index (χ4v) is 11.8. The van der Waals surface area contributed by atoms with Crippen LogP contribution in [0.15, 0.2) is 84.0 Å². The van der Waals surface area contributed by atoms with Crippen LogP contribution in [-0.4, -0.2) is 4.21 Å². The summed E-state index contributed by atoms with van der Waals surface area (Å²) in [5, 5.41) is 5.57. The van der Waals surface area contributed by atoms with Gasteiger partial charge in [-0.25, -0.2) is 5.57 Å². The van der Waals surface area contributed by atoms with E-state index in [9.17, 15) is 13.2 Å². The first kappa shape index (κ1) is 45.7. The van der Waals surface area contributed by atoms with E-state index in [1.165, 1.54) is 103 Å². The molecule has 0 radical (unpaired) electrons. The van der Waals surface area contributed by atoms with Gasteiger partial charge in [0.1, 0.15) is 0 Å². The first-order valence-electron chi connectivity index (χ1n) is 20.2. The van der Waals surface area contributed by atoms with Gasteiger partial charge in [-0.2, -0.15) is 55.2 Å². The van der Waals surface area contributed by atoms with Crippen LogP contribution in [0.1, 0.15) is 128 Å². The summed E-state index contributed by atoms with van der Waals surface area (Å²) >= 11 is 1.30. The Morgan fingerprint density at radius 1 is 0.754 bits per heavy atom. The second-order valence-corrected chi connectivity index (χ2v) is 18.8. The average molecular weight is 888 g/mol. The van der Waals surface area contributed by atoms with Gasteiger partial charge in [0.2, 0.25) is 0 Å². The Morgan fingerprint density at radius 2 is 1.19 bits per heavy atom. The van der Waals surface area contributed by atoms with Gasteiger partial charge in [-0.05, 0) is 97.8 Å². The third kappa shape index (κ3) is 9.05. The molecule has 1 unspecified atom stereocenters. The Morgan fingerprint density at radius 3 is 1.56 bits per heavy atom. The zero-order valence-electron chi connectivity index (χ0n) is 34.8. The SMILES string of the molecule is CC1=CC(C)(C)c2cc3[cH-]c4cc5c(cc4c3cc21)C(C)=CC5(C)C.CC1=[C-]C(C)C=C1CC12CC3CC(CC(C3)C1)C2.FC(F)(F)c1cc[c-]cc1.[CH2]=[Zr+2].[Cl-].[Cl-]. The Balaban J connectivity index is 0.000000170. The summed E-state index contributed by atoms with van der Waals surface area (Å²) in [4.78, 5) is 0. The van der Waals surface area contributed by atoms with Gasteiger partial charge in [0.15, 0.2) is 0 Å². The maximum Gasteiger partial charge on any atom is -1.00 e. The molecule has 0 saturated heterocycles. The van der Waals surface area contributed by atoms with Gasteiger partial charge >= 0.3 is 34.6 Å². The summed E-state index contributed by atoms with van der Waals surface area (Å²) in [7, 11) is 0. The second-order valence-electron chi connectivity index (χ2n) is 18.8. The molecule has 0 spiro atoms. The Kier molecular flexibility index (Phi) is 13.6. The van der Waals surface area contributed by atoms with Gasteiger partial charge in [0, 0.05) is 10.8 Å². The molecule has 4 aromatic carbocycles. The fourth-order valence-electron chi connectivity index (χ4n) is 11.8. The molecule has 4 aromatic rings.